The van der Waals surface area contributed by atoms with Gasteiger partial charge in [-0.1, -0.05) is 18.2 Å². The number of nitro benzene ring substituents is 2. The average Bonchev–Trinajstić information content (AvgIpc) is 2.45. The zero-order chi connectivity index (χ0) is 14.5. The summed E-state index contributed by atoms with van der Waals surface area (Å²) in [5.74, 6) is 0. The van der Waals surface area contributed by atoms with E-state index in [9.17, 15) is 20.2 Å². The molecule has 0 N–H and O–H groups in total. The van der Waals surface area contributed by atoms with Gasteiger partial charge in [-0.3, -0.25) is 25.2 Å². The number of aliphatic imine (C=N–C) groups is 1. The Kier molecular flexibility index (Phi) is 3.80. The Hall–Kier alpha value is -3.09. The summed E-state index contributed by atoms with van der Waals surface area (Å²) < 4.78 is 0. The van der Waals surface area contributed by atoms with Gasteiger partial charge in [-0.2, -0.15) is 0 Å². The van der Waals surface area contributed by atoms with Gasteiger partial charge >= 0.3 is 0 Å². The minimum atomic E-state index is -0.667. The smallest absolute Gasteiger partial charge is 0.258 e. The average molecular weight is 271 g/mol. The maximum Gasteiger partial charge on any atom is 0.285 e. The largest absolute Gasteiger partial charge is 0.285 e. The minimum Gasteiger partial charge on any atom is -0.258 e. The topological polar surface area (TPSA) is 98.6 Å². The molecule has 0 fully saturated rings. The molecule has 0 bridgehead atoms. The molecule has 0 aromatic heterocycles. The lowest BCUT2D eigenvalue weighted by atomic mass is 10.1. The van der Waals surface area contributed by atoms with Crippen LogP contribution in [-0.2, 0) is 0 Å². The lowest BCUT2D eigenvalue weighted by molar-refractivity contribution is -0.394. The van der Waals surface area contributed by atoms with Crippen LogP contribution in [0.4, 0.5) is 17.1 Å². The van der Waals surface area contributed by atoms with E-state index < -0.39 is 9.85 Å². The van der Waals surface area contributed by atoms with E-state index in [1.165, 1.54) is 18.2 Å². The second-order valence-corrected chi connectivity index (χ2v) is 3.82. The van der Waals surface area contributed by atoms with Crippen LogP contribution in [0.2, 0.25) is 0 Å². The Morgan fingerprint density at radius 2 is 1.40 bits per heavy atom. The molecule has 2 rings (SSSR count). The zero-order valence-electron chi connectivity index (χ0n) is 10.2. The fourth-order valence-corrected chi connectivity index (χ4v) is 1.65. The van der Waals surface area contributed by atoms with Crippen molar-refractivity contribution in [2.75, 3.05) is 0 Å². The van der Waals surface area contributed by atoms with Gasteiger partial charge < -0.3 is 0 Å². The fourth-order valence-electron chi connectivity index (χ4n) is 1.65. The molecule has 2 aromatic rings. The molecule has 0 amide bonds. The lowest BCUT2D eigenvalue weighted by Gasteiger charge is -1.99. The molecule has 100 valence electrons. The maximum atomic E-state index is 10.9. The van der Waals surface area contributed by atoms with Crippen molar-refractivity contribution >= 4 is 23.3 Å². The van der Waals surface area contributed by atoms with Crippen molar-refractivity contribution in [2.45, 2.75) is 0 Å². The first kappa shape index (κ1) is 13.3. The predicted octanol–water partition coefficient (Wildman–Crippen LogP) is 3.25. The van der Waals surface area contributed by atoms with Crippen LogP contribution in [0, 0.1) is 20.2 Å². The maximum absolute atomic E-state index is 10.9. The van der Waals surface area contributed by atoms with Crippen LogP contribution >= 0.6 is 0 Å². The summed E-state index contributed by atoms with van der Waals surface area (Å²) in [6.07, 6.45) is 1.14. The molecule has 0 saturated carbocycles. The van der Waals surface area contributed by atoms with E-state index in [1.807, 2.05) is 0 Å². The van der Waals surface area contributed by atoms with Gasteiger partial charge in [-0.15, -0.1) is 0 Å². The third-order valence-corrected chi connectivity index (χ3v) is 2.55. The Bertz CT molecular complexity index is 651. The van der Waals surface area contributed by atoms with E-state index in [4.69, 9.17) is 0 Å². The van der Waals surface area contributed by atoms with Crippen LogP contribution in [-0.4, -0.2) is 16.1 Å². The van der Waals surface area contributed by atoms with Crippen LogP contribution < -0.4 is 0 Å². The summed E-state index contributed by atoms with van der Waals surface area (Å²) in [5, 5.41) is 21.9. The van der Waals surface area contributed by atoms with Crippen molar-refractivity contribution < 1.29 is 9.85 Å². The van der Waals surface area contributed by atoms with E-state index in [2.05, 4.69) is 4.99 Å². The molecule has 0 saturated heterocycles. The third-order valence-electron chi connectivity index (χ3n) is 2.55. The van der Waals surface area contributed by atoms with Crippen molar-refractivity contribution in [3.63, 3.8) is 0 Å². The normalized spacial score (nSPS) is 10.6. The van der Waals surface area contributed by atoms with Crippen molar-refractivity contribution in [2.24, 2.45) is 4.99 Å². The van der Waals surface area contributed by atoms with Crippen molar-refractivity contribution in [3.8, 4) is 0 Å². The Labute approximate surface area is 113 Å². The summed E-state index contributed by atoms with van der Waals surface area (Å²) in [7, 11) is 0. The molecule has 0 radical (unpaired) electrons. The van der Waals surface area contributed by atoms with Gasteiger partial charge in [-0.05, 0) is 18.2 Å². The fraction of sp³-hybridized carbons (Fsp3) is 0. The summed E-state index contributed by atoms with van der Waals surface area (Å²) in [6, 6.07) is 12.4. The zero-order valence-corrected chi connectivity index (χ0v) is 10.2. The molecule has 20 heavy (non-hydrogen) atoms. The molecule has 2 aromatic carbocycles. The summed E-state index contributed by atoms with van der Waals surface area (Å²) in [5.41, 5.74) is -0.260. The standard InChI is InChI=1S/C13H9N3O4/c17-15(18)12-7-4-8-13(16(19)20)11(12)9-14-10-5-2-1-3-6-10/h1-9H. The highest BCUT2D eigenvalue weighted by Gasteiger charge is 2.22. The minimum absolute atomic E-state index is 0.119. The number of hydrogen-bond acceptors (Lipinski definition) is 5. The molecule has 0 aliphatic rings. The number of nitro groups is 2. The van der Waals surface area contributed by atoms with Gasteiger partial charge in [0.2, 0.25) is 0 Å². The number of rotatable bonds is 4. The van der Waals surface area contributed by atoms with E-state index >= 15 is 0 Å². The van der Waals surface area contributed by atoms with Crippen molar-refractivity contribution in [3.05, 3.63) is 74.3 Å². The summed E-state index contributed by atoms with van der Waals surface area (Å²) in [4.78, 5) is 24.6. The summed E-state index contributed by atoms with van der Waals surface area (Å²) >= 11 is 0. The molecular weight excluding hydrogens is 262 g/mol. The Morgan fingerprint density at radius 1 is 0.850 bits per heavy atom. The van der Waals surface area contributed by atoms with Crippen molar-refractivity contribution in [1.82, 2.24) is 0 Å². The van der Waals surface area contributed by atoms with Crippen LogP contribution in [0.15, 0.2) is 53.5 Å². The molecule has 0 heterocycles. The van der Waals surface area contributed by atoms with Crippen LogP contribution in [0.3, 0.4) is 0 Å². The highest BCUT2D eigenvalue weighted by Crippen LogP contribution is 2.27. The quantitative estimate of drug-likeness (QED) is 0.484. The van der Waals surface area contributed by atoms with Crippen LogP contribution in [0.1, 0.15) is 5.56 Å². The first-order valence-corrected chi connectivity index (χ1v) is 5.60. The SMILES string of the molecule is O=[N+]([O-])c1cccc([N+](=O)[O-])c1C=Nc1ccccc1. The summed E-state index contributed by atoms with van der Waals surface area (Å²) in [6.45, 7) is 0. The van der Waals surface area contributed by atoms with Gasteiger partial charge in [0.15, 0.2) is 0 Å². The van der Waals surface area contributed by atoms with Crippen LogP contribution in [0.25, 0.3) is 0 Å². The molecule has 7 heteroatoms. The number of nitrogens with zero attached hydrogens (tertiary/aromatic N) is 3. The highest BCUT2D eigenvalue weighted by molar-refractivity contribution is 5.92. The second kappa shape index (κ2) is 5.70. The van der Waals surface area contributed by atoms with E-state index in [-0.39, 0.29) is 16.9 Å². The number of hydrogen-bond donors (Lipinski definition) is 0. The number of benzene rings is 2. The third kappa shape index (κ3) is 2.83. The molecule has 0 spiro atoms. The van der Waals surface area contributed by atoms with Gasteiger partial charge in [-0.25, -0.2) is 0 Å². The van der Waals surface area contributed by atoms with Crippen LogP contribution in [0.5, 0.6) is 0 Å². The second-order valence-electron chi connectivity index (χ2n) is 3.82. The number of para-hydroxylation sites is 1. The Balaban J connectivity index is 2.51. The molecule has 0 unspecified atom stereocenters. The Morgan fingerprint density at radius 3 is 1.90 bits per heavy atom. The molecule has 0 aliphatic carbocycles. The molecular formula is C13H9N3O4. The molecule has 0 aliphatic heterocycles. The van der Waals surface area contributed by atoms with E-state index in [0.717, 1.165) is 6.21 Å². The van der Waals surface area contributed by atoms with E-state index in [0.29, 0.717) is 5.69 Å². The first-order valence-electron chi connectivity index (χ1n) is 5.60. The predicted molar refractivity (Wildman–Crippen MR) is 73.4 cm³/mol. The highest BCUT2D eigenvalue weighted by atomic mass is 16.6. The molecule has 7 nitrogen and oxygen atoms in total. The van der Waals surface area contributed by atoms with E-state index in [1.54, 1.807) is 30.3 Å². The molecule has 0 atom stereocenters. The monoisotopic (exact) mass is 271 g/mol. The van der Waals surface area contributed by atoms with Crippen molar-refractivity contribution in [1.29, 1.82) is 0 Å². The first-order chi connectivity index (χ1) is 9.59. The van der Waals surface area contributed by atoms with Gasteiger partial charge in [0.05, 0.1) is 15.5 Å². The van der Waals surface area contributed by atoms with Gasteiger partial charge in [0.1, 0.15) is 5.56 Å². The lowest BCUT2D eigenvalue weighted by Crippen LogP contribution is -2.00. The van der Waals surface area contributed by atoms with Gasteiger partial charge in [0, 0.05) is 18.3 Å². The van der Waals surface area contributed by atoms with Gasteiger partial charge in [0.25, 0.3) is 11.4 Å².